The van der Waals surface area contributed by atoms with Crippen LogP contribution in [0.3, 0.4) is 0 Å². The quantitative estimate of drug-likeness (QED) is 0.778. The van der Waals surface area contributed by atoms with Gasteiger partial charge in [-0.15, -0.1) is 0 Å². The number of carbonyl (C=O) groups excluding carboxylic acids is 1. The fourth-order valence-electron chi connectivity index (χ4n) is 3.26. The predicted octanol–water partition coefficient (Wildman–Crippen LogP) is 2.52. The number of hydrogen-bond acceptors (Lipinski definition) is 4. The Balaban J connectivity index is 1.52. The molecule has 0 saturated carbocycles. The van der Waals surface area contributed by atoms with Crippen molar-refractivity contribution in [2.24, 2.45) is 0 Å². The minimum Gasteiger partial charge on any atom is -0.348 e. The van der Waals surface area contributed by atoms with Gasteiger partial charge in [-0.05, 0) is 30.7 Å². The van der Waals surface area contributed by atoms with Crippen LogP contribution in [0.15, 0.2) is 59.5 Å². The lowest BCUT2D eigenvalue weighted by Crippen LogP contribution is -2.51. The summed E-state index contributed by atoms with van der Waals surface area (Å²) in [5.74, 6) is -0.105. The molecule has 0 aliphatic carbocycles. The molecule has 1 N–H and O–H groups in total. The summed E-state index contributed by atoms with van der Waals surface area (Å²) in [5, 5.41) is 3.58. The molecule has 0 spiro atoms. The van der Waals surface area contributed by atoms with E-state index in [0.717, 1.165) is 5.56 Å². The fraction of sp³-hybridized carbons (Fsp3) is 0.350. The van der Waals surface area contributed by atoms with Crippen LogP contribution >= 0.6 is 11.6 Å². The predicted molar refractivity (Wildman–Crippen MR) is 110 cm³/mol. The molecule has 2 aromatic rings. The molecule has 0 aromatic heterocycles. The van der Waals surface area contributed by atoms with Crippen molar-refractivity contribution < 1.29 is 13.2 Å². The maximum absolute atomic E-state index is 12.7. The van der Waals surface area contributed by atoms with Crippen LogP contribution in [0.4, 0.5) is 0 Å². The van der Waals surface area contributed by atoms with Gasteiger partial charge in [0.05, 0.1) is 17.5 Å². The van der Waals surface area contributed by atoms with E-state index < -0.39 is 10.0 Å². The molecule has 1 fully saturated rings. The van der Waals surface area contributed by atoms with Crippen molar-refractivity contribution in [2.75, 3.05) is 32.7 Å². The minimum atomic E-state index is -3.48. The lowest BCUT2D eigenvalue weighted by Gasteiger charge is -2.33. The topological polar surface area (TPSA) is 69.7 Å². The van der Waals surface area contributed by atoms with Crippen molar-refractivity contribution in [1.29, 1.82) is 0 Å². The van der Waals surface area contributed by atoms with Gasteiger partial charge >= 0.3 is 0 Å². The summed E-state index contributed by atoms with van der Waals surface area (Å²) < 4.78 is 26.8. The first-order valence-electron chi connectivity index (χ1n) is 9.19. The molecule has 1 saturated heterocycles. The van der Waals surface area contributed by atoms with Crippen molar-refractivity contribution in [3.05, 3.63) is 65.2 Å². The molecular weight excluding hydrogens is 398 g/mol. The first-order chi connectivity index (χ1) is 13.4. The number of nitrogens with one attached hydrogen (secondary N) is 1. The van der Waals surface area contributed by atoms with Crippen LogP contribution in [0.25, 0.3) is 0 Å². The Kier molecular flexibility index (Phi) is 6.72. The van der Waals surface area contributed by atoms with E-state index in [0.29, 0.717) is 36.1 Å². The van der Waals surface area contributed by atoms with Crippen molar-refractivity contribution in [1.82, 2.24) is 14.5 Å². The van der Waals surface area contributed by atoms with Gasteiger partial charge in [0.25, 0.3) is 0 Å². The van der Waals surface area contributed by atoms with Gasteiger partial charge < -0.3 is 5.32 Å². The van der Waals surface area contributed by atoms with E-state index >= 15 is 0 Å². The van der Waals surface area contributed by atoms with E-state index in [4.69, 9.17) is 11.6 Å². The number of amides is 1. The Hall–Kier alpha value is -1.93. The van der Waals surface area contributed by atoms with E-state index in [9.17, 15) is 13.2 Å². The first-order valence-corrected chi connectivity index (χ1v) is 11.0. The molecule has 6 nitrogen and oxygen atoms in total. The maximum atomic E-state index is 12.7. The Labute approximate surface area is 171 Å². The lowest BCUT2D eigenvalue weighted by atomic mass is 10.1. The highest BCUT2D eigenvalue weighted by molar-refractivity contribution is 7.89. The van der Waals surface area contributed by atoms with Crippen LogP contribution in [-0.4, -0.2) is 56.3 Å². The number of sulfonamides is 1. The number of benzene rings is 2. The summed E-state index contributed by atoms with van der Waals surface area (Å²) in [6, 6.07) is 15.7. The third kappa shape index (κ3) is 4.91. The number of nitrogens with zero attached hydrogens (tertiary/aromatic N) is 2. The summed E-state index contributed by atoms with van der Waals surface area (Å²) in [6.07, 6.45) is 0. The average Bonchev–Trinajstić information content (AvgIpc) is 2.69. The molecule has 1 heterocycles. The summed E-state index contributed by atoms with van der Waals surface area (Å²) in [4.78, 5) is 14.6. The van der Waals surface area contributed by atoms with E-state index in [-0.39, 0.29) is 18.5 Å². The molecule has 28 heavy (non-hydrogen) atoms. The summed E-state index contributed by atoms with van der Waals surface area (Å²) >= 11 is 6.18. The summed E-state index contributed by atoms with van der Waals surface area (Å²) in [5.41, 5.74) is 0.872. The van der Waals surface area contributed by atoms with Crippen molar-refractivity contribution >= 4 is 27.5 Å². The molecule has 3 rings (SSSR count). The van der Waals surface area contributed by atoms with Gasteiger partial charge in [-0.25, -0.2) is 8.42 Å². The molecule has 1 aliphatic rings. The number of piperazine rings is 1. The highest BCUT2D eigenvalue weighted by atomic mass is 35.5. The third-order valence-electron chi connectivity index (χ3n) is 4.83. The normalized spacial score (nSPS) is 17.2. The van der Waals surface area contributed by atoms with Crippen LogP contribution in [-0.2, 0) is 14.8 Å². The monoisotopic (exact) mass is 421 g/mol. The van der Waals surface area contributed by atoms with Crippen molar-refractivity contribution in [3.8, 4) is 0 Å². The molecule has 1 amide bonds. The zero-order valence-electron chi connectivity index (χ0n) is 15.7. The first kappa shape index (κ1) is 20.8. The van der Waals surface area contributed by atoms with Crippen LogP contribution in [0, 0.1) is 0 Å². The Bertz CT molecular complexity index is 913. The zero-order chi connectivity index (χ0) is 20.1. The number of hydrogen-bond donors (Lipinski definition) is 1. The minimum absolute atomic E-state index is 0.105. The van der Waals surface area contributed by atoms with Gasteiger partial charge in [0.1, 0.15) is 0 Å². The molecule has 150 valence electrons. The van der Waals surface area contributed by atoms with Gasteiger partial charge in [-0.2, -0.15) is 4.31 Å². The van der Waals surface area contributed by atoms with Gasteiger partial charge in [0.15, 0.2) is 0 Å². The molecule has 0 radical (unpaired) electrons. The van der Waals surface area contributed by atoms with E-state index in [2.05, 4.69) is 5.32 Å². The third-order valence-corrected chi connectivity index (χ3v) is 7.09. The van der Waals surface area contributed by atoms with E-state index in [1.54, 1.807) is 36.4 Å². The largest absolute Gasteiger partial charge is 0.348 e. The van der Waals surface area contributed by atoms with Gasteiger partial charge in [-0.3, -0.25) is 9.69 Å². The number of halogens is 1. The Morgan fingerprint density at radius 2 is 1.64 bits per heavy atom. The standard InChI is InChI=1S/C20H24ClN3O3S/c1-16(18-9-5-6-10-19(18)21)22-20(25)15-23-11-13-24(14-12-23)28(26,27)17-7-3-2-4-8-17/h2-10,16H,11-15H2,1H3,(H,22,25). The SMILES string of the molecule is CC(NC(=O)CN1CCN(S(=O)(=O)c2ccccc2)CC1)c1ccccc1Cl. The van der Waals surface area contributed by atoms with Crippen LogP contribution in [0.5, 0.6) is 0 Å². The van der Waals surface area contributed by atoms with Crippen LogP contribution in [0.1, 0.15) is 18.5 Å². The molecule has 1 unspecified atom stereocenters. The Morgan fingerprint density at radius 1 is 1.04 bits per heavy atom. The van der Waals surface area contributed by atoms with Crippen molar-refractivity contribution in [2.45, 2.75) is 17.9 Å². The molecular formula is C20H24ClN3O3S. The molecule has 1 aliphatic heterocycles. The maximum Gasteiger partial charge on any atom is 0.243 e. The lowest BCUT2D eigenvalue weighted by molar-refractivity contribution is -0.123. The number of rotatable bonds is 6. The fourth-order valence-corrected chi connectivity index (χ4v) is 5.01. The van der Waals surface area contributed by atoms with Crippen molar-refractivity contribution in [3.63, 3.8) is 0 Å². The highest BCUT2D eigenvalue weighted by Crippen LogP contribution is 2.22. The Morgan fingerprint density at radius 3 is 2.29 bits per heavy atom. The molecule has 2 aromatic carbocycles. The van der Waals surface area contributed by atoms with Gasteiger partial charge in [0, 0.05) is 31.2 Å². The highest BCUT2D eigenvalue weighted by Gasteiger charge is 2.29. The van der Waals surface area contributed by atoms with Gasteiger partial charge in [-0.1, -0.05) is 48.0 Å². The smallest absolute Gasteiger partial charge is 0.243 e. The summed E-state index contributed by atoms with van der Waals surface area (Å²) in [7, 11) is -3.48. The second-order valence-corrected chi connectivity index (χ2v) is 9.15. The second-order valence-electron chi connectivity index (χ2n) is 6.80. The average molecular weight is 422 g/mol. The molecule has 0 bridgehead atoms. The van der Waals surface area contributed by atoms with Gasteiger partial charge in [0.2, 0.25) is 15.9 Å². The number of carbonyl (C=O) groups is 1. The van der Waals surface area contributed by atoms with Crippen LogP contribution < -0.4 is 5.32 Å². The molecule has 8 heteroatoms. The van der Waals surface area contributed by atoms with E-state index in [1.165, 1.54) is 4.31 Å². The summed E-state index contributed by atoms with van der Waals surface area (Å²) in [6.45, 7) is 3.88. The van der Waals surface area contributed by atoms with E-state index in [1.807, 2.05) is 30.0 Å². The molecule has 1 atom stereocenters. The zero-order valence-corrected chi connectivity index (χ0v) is 17.3. The van der Waals surface area contributed by atoms with Crippen LogP contribution in [0.2, 0.25) is 5.02 Å². The second kappa shape index (κ2) is 9.05.